The van der Waals surface area contributed by atoms with E-state index in [1.807, 2.05) is 49.4 Å². The third kappa shape index (κ3) is 2.37. The Balaban J connectivity index is 2.13. The molecule has 0 saturated carbocycles. The Morgan fingerprint density at radius 3 is 2.75 bits per heavy atom. The summed E-state index contributed by atoms with van der Waals surface area (Å²) >= 11 is 0. The Morgan fingerprint density at radius 2 is 2.12 bits per heavy atom. The second-order valence-corrected chi connectivity index (χ2v) is 4.23. The molecule has 1 atom stereocenters. The van der Waals surface area contributed by atoms with Crippen LogP contribution >= 0.6 is 0 Å². The molecule has 3 heteroatoms. The molecule has 0 amide bonds. The third-order valence-electron chi connectivity index (χ3n) is 2.58. The maximum Gasteiger partial charge on any atom is 0.128 e. The quantitative estimate of drug-likeness (QED) is 0.745. The van der Waals surface area contributed by atoms with E-state index in [9.17, 15) is 0 Å². The Bertz CT molecular complexity index is 451. The summed E-state index contributed by atoms with van der Waals surface area (Å²) in [6.45, 7) is 2.02. The standard InChI is InChI=1S/C13H16N2O/c1-13(7-5-10(14)6-8-13)16-12-4-2-3-11(15)9-12/h2-7,9H,8,14-15H2,1H3. The van der Waals surface area contributed by atoms with Gasteiger partial charge in [-0.1, -0.05) is 12.1 Å². The summed E-state index contributed by atoms with van der Waals surface area (Å²) in [5.74, 6) is 0.779. The lowest BCUT2D eigenvalue weighted by molar-refractivity contribution is 0.142. The Morgan fingerprint density at radius 1 is 1.31 bits per heavy atom. The molecule has 0 fully saturated rings. The van der Waals surface area contributed by atoms with Gasteiger partial charge in [-0.05, 0) is 31.2 Å². The molecule has 0 heterocycles. The molecule has 1 unspecified atom stereocenters. The number of nitrogen functional groups attached to an aromatic ring is 1. The molecule has 0 aliphatic heterocycles. The summed E-state index contributed by atoms with van der Waals surface area (Å²) in [6, 6.07) is 7.44. The highest BCUT2D eigenvalue weighted by Crippen LogP contribution is 2.27. The summed E-state index contributed by atoms with van der Waals surface area (Å²) in [4.78, 5) is 0. The summed E-state index contributed by atoms with van der Waals surface area (Å²) in [7, 11) is 0. The zero-order chi connectivity index (χ0) is 11.6. The third-order valence-corrected chi connectivity index (χ3v) is 2.58. The van der Waals surface area contributed by atoms with E-state index in [0.29, 0.717) is 5.69 Å². The molecule has 0 saturated heterocycles. The molecule has 1 aliphatic carbocycles. The Labute approximate surface area is 95.4 Å². The molecular formula is C13H16N2O. The highest BCUT2D eigenvalue weighted by Gasteiger charge is 2.24. The second-order valence-electron chi connectivity index (χ2n) is 4.23. The number of anilines is 1. The van der Waals surface area contributed by atoms with Crippen LogP contribution in [-0.2, 0) is 0 Å². The van der Waals surface area contributed by atoms with E-state index in [2.05, 4.69) is 0 Å². The van der Waals surface area contributed by atoms with Gasteiger partial charge in [0.15, 0.2) is 0 Å². The van der Waals surface area contributed by atoms with Crippen molar-refractivity contribution in [1.29, 1.82) is 0 Å². The molecule has 0 radical (unpaired) electrons. The number of ether oxygens (including phenoxy) is 1. The summed E-state index contributed by atoms with van der Waals surface area (Å²) < 4.78 is 5.90. The van der Waals surface area contributed by atoms with Crippen molar-refractivity contribution < 1.29 is 4.74 Å². The van der Waals surface area contributed by atoms with Gasteiger partial charge in [-0.25, -0.2) is 0 Å². The summed E-state index contributed by atoms with van der Waals surface area (Å²) in [6.07, 6.45) is 6.58. The minimum Gasteiger partial charge on any atom is -0.483 e. The first-order valence-electron chi connectivity index (χ1n) is 5.27. The van der Waals surface area contributed by atoms with Crippen molar-refractivity contribution in [1.82, 2.24) is 0 Å². The van der Waals surface area contributed by atoms with Crippen LogP contribution in [0.4, 0.5) is 5.69 Å². The van der Waals surface area contributed by atoms with Gasteiger partial charge in [0.1, 0.15) is 11.4 Å². The van der Waals surface area contributed by atoms with Crippen molar-refractivity contribution in [3.63, 3.8) is 0 Å². The number of hydrogen-bond acceptors (Lipinski definition) is 3. The highest BCUT2D eigenvalue weighted by atomic mass is 16.5. The van der Waals surface area contributed by atoms with Gasteiger partial charge >= 0.3 is 0 Å². The van der Waals surface area contributed by atoms with E-state index < -0.39 is 0 Å². The average Bonchev–Trinajstić information content (AvgIpc) is 2.23. The van der Waals surface area contributed by atoms with Crippen LogP contribution in [0.5, 0.6) is 5.75 Å². The van der Waals surface area contributed by atoms with Gasteiger partial charge in [0, 0.05) is 23.9 Å². The van der Waals surface area contributed by atoms with Gasteiger partial charge < -0.3 is 16.2 Å². The van der Waals surface area contributed by atoms with E-state index in [0.717, 1.165) is 17.9 Å². The maximum atomic E-state index is 5.90. The second kappa shape index (κ2) is 3.93. The van der Waals surface area contributed by atoms with Gasteiger partial charge in [0.25, 0.3) is 0 Å². The van der Waals surface area contributed by atoms with Crippen LogP contribution in [0.15, 0.2) is 48.2 Å². The van der Waals surface area contributed by atoms with E-state index >= 15 is 0 Å². The molecule has 4 N–H and O–H groups in total. The average molecular weight is 216 g/mol. The first-order chi connectivity index (χ1) is 7.57. The first-order valence-corrected chi connectivity index (χ1v) is 5.27. The lowest BCUT2D eigenvalue weighted by Gasteiger charge is -2.28. The number of rotatable bonds is 2. The number of benzene rings is 1. The van der Waals surface area contributed by atoms with Crippen LogP contribution in [0.3, 0.4) is 0 Å². The van der Waals surface area contributed by atoms with E-state index in [1.54, 1.807) is 0 Å². The van der Waals surface area contributed by atoms with Gasteiger partial charge in [-0.15, -0.1) is 0 Å². The molecule has 1 aliphatic rings. The monoisotopic (exact) mass is 216 g/mol. The molecule has 0 bridgehead atoms. The van der Waals surface area contributed by atoms with Crippen molar-refractivity contribution in [3.8, 4) is 5.75 Å². The fourth-order valence-electron chi connectivity index (χ4n) is 1.65. The molecule has 3 nitrogen and oxygen atoms in total. The Kier molecular flexibility index (Phi) is 2.60. The largest absolute Gasteiger partial charge is 0.483 e. The van der Waals surface area contributed by atoms with Crippen LogP contribution < -0.4 is 16.2 Å². The predicted molar refractivity (Wildman–Crippen MR) is 65.9 cm³/mol. The molecular weight excluding hydrogens is 200 g/mol. The Hall–Kier alpha value is -1.90. The first kappa shape index (κ1) is 10.6. The molecule has 2 rings (SSSR count). The molecule has 0 aromatic heterocycles. The van der Waals surface area contributed by atoms with Gasteiger partial charge in [-0.2, -0.15) is 0 Å². The van der Waals surface area contributed by atoms with Crippen molar-refractivity contribution in [2.45, 2.75) is 18.9 Å². The van der Waals surface area contributed by atoms with Gasteiger partial charge in [0.2, 0.25) is 0 Å². The van der Waals surface area contributed by atoms with Crippen molar-refractivity contribution in [2.24, 2.45) is 5.73 Å². The fourth-order valence-corrected chi connectivity index (χ4v) is 1.65. The number of allylic oxidation sites excluding steroid dienone is 1. The predicted octanol–water partition coefficient (Wildman–Crippen LogP) is 2.21. The minimum atomic E-state index is -0.337. The molecule has 1 aromatic carbocycles. The van der Waals surface area contributed by atoms with Gasteiger partial charge in [-0.3, -0.25) is 0 Å². The van der Waals surface area contributed by atoms with Gasteiger partial charge in [0.05, 0.1) is 0 Å². The van der Waals surface area contributed by atoms with Crippen LogP contribution in [0.25, 0.3) is 0 Å². The van der Waals surface area contributed by atoms with E-state index in [-0.39, 0.29) is 5.60 Å². The molecule has 16 heavy (non-hydrogen) atoms. The van der Waals surface area contributed by atoms with Crippen LogP contribution in [0, 0.1) is 0 Å². The van der Waals surface area contributed by atoms with Crippen LogP contribution in [0.2, 0.25) is 0 Å². The SMILES string of the molecule is CC1(Oc2cccc(N)c2)C=CC(N)=CC1. The van der Waals surface area contributed by atoms with E-state index in [4.69, 9.17) is 16.2 Å². The normalized spacial score (nSPS) is 23.9. The zero-order valence-corrected chi connectivity index (χ0v) is 9.31. The van der Waals surface area contributed by atoms with Crippen LogP contribution in [0.1, 0.15) is 13.3 Å². The lowest BCUT2D eigenvalue weighted by atomic mass is 9.96. The highest BCUT2D eigenvalue weighted by molar-refractivity contribution is 5.44. The molecule has 0 spiro atoms. The minimum absolute atomic E-state index is 0.337. The zero-order valence-electron chi connectivity index (χ0n) is 9.31. The lowest BCUT2D eigenvalue weighted by Crippen LogP contribution is -2.31. The fraction of sp³-hybridized carbons (Fsp3) is 0.231. The molecule has 84 valence electrons. The number of hydrogen-bond donors (Lipinski definition) is 2. The summed E-state index contributed by atoms with van der Waals surface area (Å²) in [5, 5.41) is 0. The maximum absolute atomic E-state index is 5.90. The smallest absolute Gasteiger partial charge is 0.128 e. The van der Waals surface area contributed by atoms with Crippen LogP contribution in [-0.4, -0.2) is 5.60 Å². The molecule has 1 aromatic rings. The summed E-state index contributed by atoms with van der Waals surface area (Å²) in [5.41, 5.74) is 12.5. The van der Waals surface area contributed by atoms with E-state index in [1.165, 1.54) is 0 Å². The van der Waals surface area contributed by atoms with Crippen molar-refractivity contribution in [2.75, 3.05) is 5.73 Å². The topological polar surface area (TPSA) is 61.3 Å². The van der Waals surface area contributed by atoms with Crippen molar-refractivity contribution >= 4 is 5.69 Å². The van der Waals surface area contributed by atoms with Crippen molar-refractivity contribution in [3.05, 3.63) is 48.2 Å². The number of nitrogens with two attached hydrogens (primary N) is 2.